The maximum atomic E-state index is 11.1. The van der Waals surface area contributed by atoms with Crippen LogP contribution in [0.4, 0.5) is 4.79 Å². The Bertz CT molecular complexity index is 188. The topological polar surface area (TPSA) is 62.4 Å². The molecule has 2 rings (SSSR count). The van der Waals surface area contributed by atoms with E-state index in [9.17, 15) is 4.79 Å². The van der Waals surface area contributed by atoms with Crippen LogP contribution in [0.3, 0.4) is 0 Å². The highest BCUT2D eigenvalue weighted by Crippen LogP contribution is 2.18. The van der Waals surface area contributed by atoms with Gasteiger partial charge in [-0.05, 0) is 25.8 Å². The van der Waals surface area contributed by atoms with Gasteiger partial charge in [-0.15, -0.1) is 0 Å². The van der Waals surface area contributed by atoms with E-state index in [0.29, 0.717) is 6.04 Å². The molecule has 0 aromatic carbocycles. The number of amides is 2. The van der Waals surface area contributed by atoms with Crippen LogP contribution in [0.5, 0.6) is 0 Å². The molecule has 1 saturated carbocycles. The van der Waals surface area contributed by atoms with Crippen LogP contribution < -0.4 is 16.1 Å². The quantitative estimate of drug-likeness (QED) is 0.531. The molecule has 1 aliphatic carbocycles. The largest absolute Gasteiger partial charge is 0.338 e. The highest BCUT2D eigenvalue weighted by atomic mass is 16.7. The zero-order valence-corrected chi connectivity index (χ0v) is 7.51. The summed E-state index contributed by atoms with van der Waals surface area (Å²) in [5.41, 5.74) is 2.41. The lowest BCUT2D eigenvalue weighted by atomic mass is 10.3. The Morgan fingerprint density at radius 3 is 2.85 bits per heavy atom. The summed E-state index contributed by atoms with van der Waals surface area (Å²) >= 11 is 0. The van der Waals surface area contributed by atoms with Gasteiger partial charge in [-0.2, -0.15) is 0 Å². The van der Waals surface area contributed by atoms with Crippen molar-refractivity contribution < 1.29 is 9.63 Å². The lowest BCUT2D eigenvalue weighted by Crippen LogP contribution is -2.39. The third-order valence-corrected chi connectivity index (χ3v) is 2.25. The van der Waals surface area contributed by atoms with Crippen molar-refractivity contribution in [2.45, 2.75) is 31.4 Å². The Morgan fingerprint density at radius 1 is 1.38 bits per heavy atom. The van der Waals surface area contributed by atoms with Gasteiger partial charge >= 0.3 is 6.03 Å². The fraction of sp³-hybridized carbons (Fsp3) is 0.875. The van der Waals surface area contributed by atoms with E-state index in [1.165, 1.54) is 0 Å². The Balaban J connectivity index is 1.57. The van der Waals surface area contributed by atoms with E-state index in [-0.39, 0.29) is 12.1 Å². The molecule has 1 unspecified atom stereocenters. The van der Waals surface area contributed by atoms with Crippen molar-refractivity contribution in [1.29, 1.82) is 0 Å². The number of hydroxylamine groups is 1. The standard InChI is InChI=1S/C8H15N3O2/c12-8(10-6-1-2-6)11-13-7-3-4-9-5-7/h6-7,9H,1-5H2,(H2,10,11,12). The molecule has 0 radical (unpaired) electrons. The number of nitrogens with one attached hydrogen (secondary N) is 3. The van der Waals surface area contributed by atoms with Crippen LogP contribution in [0.1, 0.15) is 19.3 Å². The summed E-state index contributed by atoms with van der Waals surface area (Å²) in [6.45, 7) is 1.79. The number of carbonyl (C=O) groups is 1. The number of rotatable bonds is 3. The van der Waals surface area contributed by atoms with Gasteiger partial charge in [-0.1, -0.05) is 0 Å². The zero-order valence-electron chi connectivity index (χ0n) is 7.51. The Morgan fingerprint density at radius 2 is 2.23 bits per heavy atom. The van der Waals surface area contributed by atoms with E-state index in [4.69, 9.17) is 4.84 Å². The molecule has 74 valence electrons. The van der Waals surface area contributed by atoms with Gasteiger partial charge in [0.1, 0.15) is 0 Å². The first-order valence-electron chi connectivity index (χ1n) is 4.77. The molecule has 1 atom stereocenters. The van der Waals surface area contributed by atoms with Gasteiger partial charge in [0.05, 0.1) is 6.10 Å². The second-order valence-corrected chi connectivity index (χ2v) is 3.58. The van der Waals surface area contributed by atoms with E-state index < -0.39 is 0 Å². The number of urea groups is 1. The minimum Gasteiger partial charge on any atom is -0.334 e. The van der Waals surface area contributed by atoms with Crippen LogP contribution in [0, 0.1) is 0 Å². The van der Waals surface area contributed by atoms with Gasteiger partial charge in [-0.25, -0.2) is 10.3 Å². The summed E-state index contributed by atoms with van der Waals surface area (Å²) in [5.74, 6) is 0. The molecular formula is C8H15N3O2. The van der Waals surface area contributed by atoms with E-state index in [1.54, 1.807) is 0 Å². The van der Waals surface area contributed by atoms with Gasteiger partial charge in [0.25, 0.3) is 0 Å². The van der Waals surface area contributed by atoms with E-state index >= 15 is 0 Å². The molecular weight excluding hydrogens is 170 g/mol. The van der Waals surface area contributed by atoms with Crippen LogP contribution in [0.15, 0.2) is 0 Å². The normalized spacial score (nSPS) is 27.2. The first-order chi connectivity index (χ1) is 6.34. The Hall–Kier alpha value is -0.810. The van der Waals surface area contributed by atoms with Crippen LogP contribution in [0.2, 0.25) is 0 Å². The molecule has 0 aromatic rings. The van der Waals surface area contributed by atoms with Gasteiger partial charge < -0.3 is 10.6 Å². The van der Waals surface area contributed by atoms with Crippen LogP contribution in [-0.4, -0.2) is 31.3 Å². The van der Waals surface area contributed by atoms with Crippen molar-refractivity contribution in [2.24, 2.45) is 0 Å². The van der Waals surface area contributed by atoms with Crippen molar-refractivity contribution in [3.63, 3.8) is 0 Å². The fourth-order valence-electron chi connectivity index (χ4n) is 1.31. The predicted molar refractivity (Wildman–Crippen MR) is 47.0 cm³/mol. The summed E-state index contributed by atoms with van der Waals surface area (Å²) in [6.07, 6.45) is 3.28. The molecule has 13 heavy (non-hydrogen) atoms. The van der Waals surface area contributed by atoms with E-state index in [0.717, 1.165) is 32.4 Å². The highest BCUT2D eigenvalue weighted by Gasteiger charge is 2.24. The first-order valence-corrected chi connectivity index (χ1v) is 4.77. The average molecular weight is 185 g/mol. The lowest BCUT2D eigenvalue weighted by Gasteiger charge is -2.11. The average Bonchev–Trinajstić information content (AvgIpc) is 2.78. The molecule has 5 heteroatoms. The van der Waals surface area contributed by atoms with E-state index in [2.05, 4.69) is 16.1 Å². The first kappa shape index (κ1) is 8.77. The van der Waals surface area contributed by atoms with Gasteiger partial charge in [0.15, 0.2) is 0 Å². The maximum absolute atomic E-state index is 11.1. The van der Waals surface area contributed by atoms with Crippen molar-refractivity contribution in [1.82, 2.24) is 16.1 Å². The number of carbonyl (C=O) groups excluding carboxylic acids is 1. The Kier molecular flexibility index (Phi) is 2.65. The van der Waals surface area contributed by atoms with Crippen molar-refractivity contribution in [2.75, 3.05) is 13.1 Å². The molecule has 1 heterocycles. The zero-order chi connectivity index (χ0) is 9.10. The summed E-state index contributed by atoms with van der Waals surface area (Å²) < 4.78 is 0. The van der Waals surface area contributed by atoms with Crippen LogP contribution in [-0.2, 0) is 4.84 Å². The monoisotopic (exact) mass is 185 g/mol. The smallest absolute Gasteiger partial charge is 0.334 e. The summed E-state index contributed by atoms with van der Waals surface area (Å²) in [6, 6.07) is 0.166. The third-order valence-electron chi connectivity index (χ3n) is 2.25. The second kappa shape index (κ2) is 3.93. The molecule has 2 aliphatic rings. The van der Waals surface area contributed by atoms with Gasteiger partial charge in [-0.3, -0.25) is 4.84 Å². The van der Waals surface area contributed by atoms with Crippen LogP contribution in [0.25, 0.3) is 0 Å². The molecule has 0 bridgehead atoms. The minimum atomic E-state index is -0.214. The predicted octanol–water partition coefficient (Wildman–Crippen LogP) is -0.259. The minimum absolute atomic E-state index is 0.130. The van der Waals surface area contributed by atoms with Gasteiger partial charge in [0.2, 0.25) is 0 Å². The molecule has 0 aromatic heterocycles. The SMILES string of the molecule is O=C(NOC1CCNC1)NC1CC1. The summed E-state index contributed by atoms with van der Waals surface area (Å²) in [4.78, 5) is 16.3. The second-order valence-electron chi connectivity index (χ2n) is 3.58. The van der Waals surface area contributed by atoms with Crippen molar-refractivity contribution in [3.8, 4) is 0 Å². The third kappa shape index (κ3) is 2.86. The summed E-state index contributed by atoms with van der Waals surface area (Å²) in [7, 11) is 0. The molecule has 0 spiro atoms. The lowest BCUT2D eigenvalue weighted by molar-refractivity contribution is 0.00713. The molecule has 3 N–H and O–H groups in total. The van der Waals surface area contributed by atoms with Crippen molar-refractivity contribution in [3.05, 3.63) is 0 Å². The van der Waals surface area contributed by atoms with Crippen molar-refractivity contribution >= 4 is 6.03 Å². The van der Waals surface area contributed by atoms with Crippen LogP contribution >= 0.6 is 0 Å². The summed E-state index contributed by atoms with van der Waals surface area (Å²) in [5, 5.41) is 5.93. The Labute approximate surface area is 77.2 Å². The van der Waals surface area contributed by atoms with E-state index in [1.807, 2.05) is 0 Å². The molecule has 2 amide bonds. The molecule has 1 aliphatic heterocycles. The molecule has 1 saturated heterocycles. The fourth-order valence-corrected chi connectivity index (χ4v) is 1.31. The molecule has 5 nitrogen and oxygen atoms in total. The maximum Gasteiger partial charge on any atom is 0.338 e. The highest BCUT2D eigenvalue weighted by molar-refractivity contribution is 5.73. The van der Waals surface area contributed by atoms with Gasteiger partial charge in [0, 0.05) is 12.6 Å². The molecule has 2 fully saturated rings. The number of hydrogen-bond acceptors (Lipinski definition) is 3. The number of hydrogen-bond donors (Lipinski definition) is 3.